The summed E-state index contributed by atoms with van der Waals surface area (Å²) >= 11 is 6.08. The number of pyridine rings is 1. The van der Waals surface area contributed by atoms with Crippen molar-refractivity contribution in [3.8, 4) is 6.07 Å². The molecule has 0 bridgehead atoms. The molecule has 0 saturated heterocycles. The Bertz CT molecular complexity index is 597. The van der Waals surface area contributed by atoms with Crippen LogP contribution in [-0.2, 0) is 5.88 Å². The summed E-state index contributed by atoms with van der Waals surface area (Å²) in [6.07, 6.45) is 2.44. The maximum Gasteiger partial charge on any atom is 0.152 e. The van der Waals surface area contributed by atoms with Crippen molar-refractivity contribution in [2.24, 2.45) is 0 Å². The predicted octanol–water partition coefficient (Wildman–Crippen LogP) is 3.20. The predicted molar refractivity (Wildman–Crippen MR) is 77.5 cm³/mol. The van der Waals surface area contributed by atoms with E-state index in [1.165, 1.54) is 0 Å². The molecule has 0 spiro atoms. The SMILES string of the molecule is CC(C)N(CCC#N)c1nc2ccccn2c1CCl. The molecule has 2 aromatic heterocycles. The number of imidazole rings is 1. The summed E-state index contributed by atoms with van der Waals surface area (Å²) in [5, 5.41) is 8.78. The minimum absolute atomic E-state index is 0.278. The minimum Gasteiger partial charge on any atom is -0.352 e. The molecular formula is C14H17ClN4. The van der Waals surface area contributed by atoms with Gasteiger partial charge in [0.05, 0.1) is 24.1 Å². The van der Waals surface area contributed by atoms with Crippen LogP contribution in [0.15, 0.2) is 24.4 Å². The molecule has 100 valence electrons. The Morgan fingerprint density at radius 1 is 1.47 bits per heavy atom. The topological polar surface area (TPSA) is 44.3 Å². The fourth-order valence-corrected chi connectivity index (χ4v) is 2.42. The zero-order valence-corrected chi connectivity index (χ0v) is 11.9. The van der Waals surface area contributed by atoms with Crippen LogP contribution in [-0.4, -0.2) is 22.0 Å². The van der Waals surface area contributed by atoms with E-state index in [1.54, 1.807) is 0 Å². The molecule has 2 aromatic rings. The van der Waals surface area contributed by atoms with Gasteiger partial charge in [-0.05, 0) is 26.0 Å². The summed E-state index contributed by atoms with van der Waals surface area (Å²) in [5.41, 5.74) is 1.86. The normalized spacial score (nSPS) is 10.9. The van der Waals surface area contributed by atoms with E-state index in [4.69, 9.17) is 16.9 Å². The first-order chi connectivity index (χ1) is 9.19. The van der Waals surface area contributed by atoms with Gasteiger partial charge in [-0.2, -0.15) is 5.26 Å². The van der Waals surface area contributed by atoms with E-state index in [0.717, 1.165) is 17.2 Å². The average Bonchev–Trinajstić information content (AvgIpc) is 2.77. The van der Waals surface area contributed by atoms with Gasteiger partial charge in [0.15, 0.2) is 5.82 Å². The first-order valence-corrected chi connectivity index (χ1v) is 6.88. The lowest BCUT2D eigenvalue weighted by atomic mass is 10.2. The lowest BCUT2D eigenvalue weighted by molar-refractivity contribution is 0.676. The van der Waals surface area contributed by atoms with Crippen molar-refractivity contribution in [2.75, 3.05) is 11.4 Å². The monoisotopic (exact) mass is 276 g/mol. The number of nitrogens with zero attached hydrogens (tertiary/aromatic N) is 4. The Kier molecular flexibility index (Phi) is 4.28. The Morgan fingerprint density at radius 3 is 2.89 bits per heavy atom. The molecule has 2 heterocycles. The van der Waals surface area contributed by atoms with Crippen LogP contribution in [0.4, 0.5) is 5.82 Å². The number of aromatic nitrogens is 2. The molecular weight excluding hydrogens is 260 g/mol. The summed E-state index contributed by atoms with van der Waals surface area (Å²) in [6, 6.07) is 8.34. The number of nitriles is 1. The van der Waals surface area contributed by atoms with Crippen molar-refractivity contribution in [3.05, 3.63) is 30.1 Å². The third kappa shape index (κ3) is 2.66. The van der Waals surface area contributed by atoms with Gasteiger partial charge in [-0.15, -0.1) is 11.6 Å². The van der Waals surface area contributed by atoms with E-state index in [1.807, 2.05) is 28.8 Å². The van der Waals surface area contributed by atoms with Crippen LogP contribution in [0, 0.1) is 11.3 Å². The zero-order chi connectivity index (χ0) is 13.8. The summed E-state index contributed by atoms with van der Waals surface area (Å²) in [6.45, 7) is 4.86. The van der Waals surface area contributed by atoms with Gasteiger partial charge in [0.2, 0.25) is 0 Å². The molecule has 0 radical (unpaired) electrons. The molecule has 0 fully saturated rings. The van der Waals surface area contributed by atoms with Crippen LogP contribution in [0.2, 0.25) is 0 Å². The van der Waals surface area contributed by atoms with Crippen LogP contribution in [0.3, 0.4) is 0 Å². The van der Waals surface area contributed by atoms with Crippen molar-refractivity contribution < 1.29 is 0 Å². The molecule has 0 aliphatic rings. The van der Waals surface area contributed by atoms with Crippen molar-refractivity contribution in [1.82, 2.24) is 9.38 Å². The second-order valence-corrected chi connectivity index (χ2v) is 4.91. The molecule has 4 nitrogen and oxygen atoms in total. The third-order valence-electron chi connectivity index (χ3n) is 3.09. The molecule has 0 saturated carbocycles. The van der Waals surface area contributed by atoms with Crippen LogP contribution in [0.1, 0.15) is 26.0 Å². The highest BCUT2D eigenvalue weighted by Gasteiger charge is 2.19. The van der Waals surface area contributed by atoms with Gasteiger partial charge in [-0.1, -0.05) is 6.07 Å². The molecule has 0 aliphatic heterocycles. The summed E-state index contributed by atoms with van der Waals surface area (Å²) in [7, 11) is 0. The second-order valence-electron chi connectivity index (χ2n) is 4.64. The van der Waals surface area contributed by atoms with E-state index in [2.05, 4.69) is 29.8 Å². The number of hydrogen-bond acceptors (Lipinski definition) is 3. The number of hydrogen-bond donors (Lipinski definition) is 0. The fraction of sp³-hybridized carbons (Fsp3) is 0.429. The molecule has 0 unspecified atom stereocenters. The largest absolute Gasteiger partial charge is 0.352 e. The lowest BCUT2D eigenvalue weighted by Gasteiger charge is -2.26. The van der Waals surface area contributed by atoms with Crippen LogP contribution < -0.4 is 4.90 Å². The lowest BCUT2D eigenvalue weighted by Crippen LogP contribution is -2.32. The van der Waals surface area contributed by atoms with Crippen LogP contribution in [0.25, 0.3) is 5.65 Å². The highest BCUT2D eigenvalue weighted by molar-refractivity contribution is 6.17. The van der Waals surface area contributed by atoms with E-state index in [-0.39, 0.29) is 6.04 Å². The van der Waals surface area contributed by atoms with Gasteiger partial charge in [0, 0.05) is 18.8 Å². The van der Waals surface area contributed by atoms with E-state index in [9.17, 15) is 0 Å². The van der Waals surface area contributed by atoms with Crippen LogP contribution in [0.5, 0.6) is 0 Å². The van der Waals surface area contributed by atoms with Crippen molar-refractivity contribution in [1.29, 1.82) is 5.26 Å². The van der Waals surface area contributed by atoms with Crippen molar-refractivity contribution in [3.63, 3.8) is 0 Å². The van der Waals surface area contributed by atoms with Gasteiger partial charge < -0.3 is 9.30 Å². The Labute approximate surface area is 118 Å². The maximum absolute atomic E-state index is 8.78. The smallest absolute Gasteiger partial charge is 0.152 e. The molecule has 0 aliphatic carbocycles. The highest BCUT2D eigenvalue weighted by atomic mass is 35.5. The molecule has 5 heteroatoms. The van der Waals surface area contributed by atoms with E-state index in [0.29, 0.717) is 18.8 Å². The van der Waals surface area contributed by atoms with Crippen molar-refractivity contribution >= 4 is 23.1 Å². The van der Waals surface area contributed by atoms with Gasteiger partial charge in [0.1, 0.15) is 5.65 Å². The zero-order valence-electron chi connectivity index (χ0n) is 11.2. The minimum atomic E-state index is 0.278. The summed E-state index contributed by atoms with van der Waals surface area (Å²) in [4.78, 5) is 6.79. The molecule has 0 N–H and O–H groups in total. The van der Waals surface area contributed by atoms with Crippen molar-refractivity contribution in [2.45, 2.75) is 32.2 Å². The molecule has 19 heavy (non-hydrogen) atoms. The van der Waals surface area contributed by atoms with E-state index >= 15 is 0 Å². The second kappa shape index (κ2) is 5.94. The van der Waals surface area contributed by atoms with Gasteiger partial charge >= 0.3 is 0 Å². The van der Waals surface area contributed by atoms with Gasteiger partial charge in [-0.25, -0.2) is 4.98 Å². The summed E-state index contributed by atoms with van der Waals surface area (Å²) < 4.78 is 2.00. The highest BCUT2D eigenvalue weighted by Crippen LogP contribution is 2.25. The third-order valence-corrected chi connectivity index (χ3v) is 3.35. The average molecular weight is 277 g/mol. The standard InChI is InChI=1S/C14H17ClN4/c1-11(2)18(9-5-7-16)14-12(10-15)19-8-4-3-6-13(19)17-14/h3-4,6,8,11H,5,9-10H2,1-2H3. The molecule has 2 rings (SSSR count). The summed E-state index contributed by atoms with van der Waals surface area (Å²) in [5.74, 6) is 1.28. The number of halogens is 1. The first kappa shape index (κ1) is 13.7. The van der Waals surface area contributed by atoms with Gasteiger partial charge in [0.25, 0.3) is 0 Å². The maximum atomic E-state index is 8.78. The van der Waals surface area contributed by atoms with E-state index < -0.39 is 0 Å². The van der Waals surface area contributed by atoms with Gasteiger partial charge in [-0.3, -0.25) is 0 Å². The molecule has 0 atom stereocenters. The number of rotatable bonds is 5. The van der Waals surface area contributed by atoms with Crippen LogP contribution >= 0.6 is 11.6 Å². The first-order valence-electron chi connectivity index (χ1n) is 6.34. The fourth-order valence-electron chi connectivity index (χ4n) is 2.17. The Balaban J connectivity index is 2.49. The molecule has 0 aromatic carbocycles. The number of fused-ring (bicyclic) bond motifs is 1. The Hall–Kier alpha value is -1.73. The number of alkyl halides is 1. The molecule has 0 amide bonds. The number of anilines is 1. The quantitative estimate of drug-likeness (QED) is 0.788. The Morgan fingerprint density at radius 2 is 2.26 bits per heavy atom.